The van der Waals surface area contributed by atoms with Gasteiger partial charge in [-0.2, -0.15) is 5.26 Å². The van der Waals surface area contributed by atoms with E-state index in [1.807, 2.05) is 12.1 Å². The van der Waals surface area contributed by atoms with Gasteiger partial charge in [-0.25, -0.2) is 0 Å². The Morgan fingerprint density at radius 3 is 2.79 bits per heavy atom. The summed E-state index contributed by atoms with van der Waals surface area (Å²) in [6.07, 6.45) is 1.45. The third kappa shape index (κ3) is 3.10. The van der Waals surface area contributed by atoms with Gasteiger partial charge in [-0.05, 0) is 18.4 Å². The summed E-state index contributed by atoms with van der Waals surface area (Å²) in [6, 6.07) is 10.3. The predicted octanol–water partition coefficient (Wildman–Crippen LogP) is 0.689. The van der Waals surface area contributed by atoms with Gasteiger partial charge in [0.25, 0.3) is 0 Å². The highest BCUT2D eigenvalue weighted by molar-refractivity contribution is 5.92. The van der Waals surface area contributed by atoms with E-state index >= 15 is 0 Å². The zero-order chi connectivity index (χ0) is 13.7. The van der Waals surface area contributed by atoms with E-state index in [2.05, 4.69) is 10.6 Å². The van der Waals surface area contributed by atoms with Gasteiger partial charge in [0.2, 0.25) is 11.8 Å². The molecule has 2 atom stereocenters. The summed E-state index contributed by atoms with van der Waals surface area (Å²) < 4.78 is 0. The fourth-order valence-corrected chi connectivity index (χ4v) is 2.09. The number of amides is 2. The first kappa shape index (κ1) is 13.1. The van der Waals surface area contributed by atoms with E-state index in [1.54, 1.807) is 24.3 Å². The van der Waals surface area contributed by atoms with Crippen molar-refractivity contribution in [3.8, 4) is 6.07 Å². The van der Waals surface area contributed by atoms with E-state index in [-0.39, 0.29) is 5.91 Å². The van der Waals surface area contributed by atoms with Crippen molar-refractivity contribution in [2.45, 2.75) is 24.8 Å². The molecule has 1 aromatic carbocycles. The minimum atomic E-state index is -0.879. The molecular formula is C14H15N3O2. The first-order valence-corrected chi connectivity index (χ1v) is 6.25. The minimum Gasteiger partial charge on any atom is -0.354 e. The molecule has 2 N–H and O–H groups in total. The number of nitrogens with zero attached hydrogens (tertiary/aromatic N) is 1. The Morgan fingerprint density at radius 2 is 2.16 bits per heavy atom. The highest BCUT2D eigenvalue weighted by atomic mass is 16.2. The maximum Gasteiger partial charge on any atom is 0.242 e. The van der Waals surface area contributed by atoms with Gasteiger partial charge in [-0.15, -0.1) is 0 Å². The van der Waals surface area contributed by atoms with Crippen LogP contribution in [0.4, 0.5) is 0 Å². The molecule has 2 unspecified atom stereocenters. The maximum atomic E-state index is 12.1. The normalized spacial score (nSPS) is 19.9. The summed E-state index contributed by atoms with van der Waals surface area (Å²) in [6.45, 7) is 0.644. The fourth-order valence-electron chi connectivity index (χ4n) is 2.09. The van der Waals surface area contributed by atoms with Crippen molar-refractivity contribution >= 4 is 11.8 Å². The van der Waals surface area contributed by atoms with Gasteiger partial charge in [0, 0.05) is 6.54 Å². The maximum absolute atomic E-state index is 12.1. The third-order valence-corrected chi connectivity index (χ3v) is 3.13. The number of nitrogens with one attached hydrogen (secondary N) is 2. The van der Waals surface area contributed by atoms with E-state index in [4.69, 9.17) is 5.26 Å². The molecule has 1 aliphatic rings. The summed E-state index contributed by atoms with van der Waals surface area (Å²) in [5.41, 5.74) is 0.638. The molecule has 0 aliphatic carbocycles. The van der Waals surface area contributed by atoms with Crippen molar-refractivity contribution in [1.82, 2.24) is 10.6 Å². The molecule has 1 aromatic rings. The second-order valence-electron chi connectivity index (χ2n) is 4.47. The van der Waals surface area contributed by atoms with Gasteiger partial charge in [0.05, 0.1) is 6.07 Å². The summed E-state index contributed by atoms with van der Waals surface area (Å²) in [5.74, 6) is -1.48. The molecular weight excluding hydrogens is 242 g/mol. The van der Waals surface area contributed by atoms with Crippen LogP contribution in [0.25, 0.3) is 0 Å². The molecule has 98 valence electrons. The van der Waals surface area contributed by atoms with Crippen LogP contribution < -0.4 is 10.6 Å². The van der Waals surface area contributed by atoms with Crippen LogP contribution in [0.15, 0.2) is 30.3 Å². The Labute approximate surface area is 111 Å². The summed E-state index contributed by atoms with van der Waals surface area (Å²) in [7, 11) is 0. The average molecular weight is 257 g/mol. The molecule has 0 spiro atoms. The van der Waals surface area contributed by atoms with Gasteiger partial charge in [0.1, 0.15) is 12.0 Å². The molecule has 5 nitrogen and oxygen atoms in total. The van der Waals surface area contributed by atoms with Crippen LogP contribution in [0, 0.1) is 11.3 Å². The lowest BCUT2D eigenvalue weighted by atomic mass is 9.98. The Kier molecular flexibility index (Phi) is 4.14. The summed E-state index contributed by atoms with van der Waals surface area (Å²) in [4.78, 5) is 23.6. The molecule has 1 saturated heterocycles. The van der Waals surface area contributed by atoms with E-state index < -0.39 is 17.9 Å². The average Bonchev–Trinajstić information content (AvgIpc) is 2.43. The van der Waals surface area contributed by atoms with Crippen molar-refractivity contribution in [2.75, 3.05) is 6.54 Å². The highest BCUT2D eigenvalue weighted by Gasteiger charge is 2.27. The van der Waals surface area contributed by atoms with Crippen LogP contribution >= 0.6 is 0 Å². The molecule has 1 heterocycles. The molecule has 5 heteroatoms. The smallest absolute Gasteiger partial charge is 0.242 e. The van der Waals surface area contributed by atoms with Gasteiger partial charge in [0.15, 0.2) is 0 Å². The van der Waals surface area contributed by atoms with Gasteiger partial charge in [-0.3, -0.25) is 9.59 Å². The highest BCUT2D eigenvalue weighted by Crippen LogP contribution is 2.15. The van der Waals surface area contributed by atoms with Crippen molar-refractivity contribution in [2.24, 2.45) is 0 Å². The fraction of sp³-hybridized carbons (Fsp3) is 0.357. The lowest BCUT2D eigenvalue weighted by molar-refractivity contribution is -0.130. The van der Waals surface area contributed by atoms with Gasteiger partial charge < -0.3 is 10.6 Å². The molecule has 0 bridgehead atoms. The Hall–Kier alpha value is -2.35. The number of rotatable bonds is 3. The van der Waals surface area contributed by atoms with Gasteiger partial charge >= 0.3 is 0 Å². The standard InChI is InChI=1S/C14H15N3O2/c15-9-11(10-5-2-1-3-6-10)13(18)17-12-7-4-8-16-14(12)19/h1-3,5-6,11-12H,4,7-8H2,(H,16,19)(H,17,18). The van der Waals surface area contributed by atoms with Crippen LogP contribution in [-0.2, 0) is 9.59 Å². The monoisotopic (exact) mass is 257 g/mol. The van der Waals surface area contributed by atoms with Crippen LogP contribution in [0.2, 0.25) is 0 Å². The number of piperidine rings is 1. The van der Waals surface area contributed by atoms with Crippen molar-refractivity contribution in [1.29, 1.82) is 5.26 Å². The zero-order valence-electron chi connectivity index (χ0n) is 10.4. The number of benzene rings is 1. The van der Waals surface area contributed by atoms with Crippen molar-refractivity contribution in [3.63, 3.8) is 0 Å². The van der Waals surface area contributed by atoms with Crippen LogP contribution in [-0.4, -0.2) is 24.4 Å². The lowest BCUT2D eigenvalue weighted by Gasteiger charge is -2.23. The minimum absolute atomic E-state index is 0.177. The Balaban J connectivity index is 2.06. The molecule has 2 amide bonds. The molecule has 1 fully saturated rings. The molecule has 0 aromatic heterocycles. The molecule has 0 saturated carbocycles. The van der Waals surface area contributed by atoms with E-state index in [0.29, 0.717) is 18.5 Å². The van der Waals surface area contributed by atoms with E-state index in [0.717, 1.165) is 6.42 Å². The number of carbonyl (C=O) groups is 2. The molecule has 19 heavy (non-hydrogen) atoms. The van der Waals surface area contributed by atoms with E-state index in [9.17, 15) is 9.59 Å². The van der Waals surface area contributed by atoms with Crippen LogP contribution in [0.1, 0.15) is 24.3 Å². The second-order valence-corrected chi connectivity index (χ2v) is 4.47. The largest absolute Gasteiger partial charge is 0.354 e. The lowest BCUT2D eigenvalue weighted by Crippen LogP contribution is -2.51. The number of hydrogen-bond acceptors (Lipinski definition) is 3. The second kappa shape index (κ2) is 6.01. The van der Waals surface area contributed by atoms with E-state index in [1.165, 1.54) is 0 Å². The Bertz CT molecular complexity index is 507. The topological polar surface area (TPSA) is 82.0 Å². The van der Waals surface area contributed by atoms with Crippen molar-refractivity contribution < 1.29 is 9.59 Å². The zero-order valence-corrected chi connectivity index (χ0v) is 10.4. The molecule has 1 aliphatic heterocycles. The first-order chi connectivity index (χ1) is 9.22. The summed E-state index contributed by atoms with van der Waals surface area (Å²) in [5, 5.41) is 14.5. The summed E-state index contributed by atoms with van der Waals surface area (Å²) >= 11 is 0. The number of hydrogen-bond donors (Lipinski definition) is 2. The Morgan fingerprint density at radius 1 is 1.42 bits per heavy atom. The van der Waals surface area contributed by atoms with Crippen molar-refractivity contribution in [3.05, 3.63) is 35.9 Å². The molecule has 2 rings (SSSR count). The first-order valence-electron chi connectivity index (χ1n) is 6.25. The van der Waals surface area contributed by atoms with Crippen LogP contribution in [0.3, 0.4) is 0 Å². The third-order valence-electron chi connectivity index (χ3n) is 3.13. The SMILES string of the molecule is N#CC(C(=O)NC1CCCNC1=O)c1ccccc1. The molecule has 0 radical (unpaired) electrons. The number of carbonyl (C=O) groups excluding carboxylic acids is 2. The quantitative estimate of drug-likeness (QED) is 0.835. The number of nitriles is 1. The predicted molar refractivity (Wildman–Crippen MR) is 69.0 cm³/mol. The van der Waals surface area contributed by atoms with Gasteiger partial charge in [-0.1, -0.05) is 30.3 Å². The van der Waals surface area contributed by atoms with Crippen LogP contribution in [0.5, 0.6) is 0 Å².